The number of anilines is 1. The molecule has 0 saturated heterocycles. The minimum absolute atomic E-state index is 0.259. The molecule has 0 bridgehead atoms. The van der Waals surface area contributed by atoms with E-state index in [-0.39, 0.29) is 5.56 Å². The van der Waals surface area contributed by atoms with Crippen molar-refractivity contribution in [3.8, 4) is 0 Å². The Morgan fingerprint density at radius 3 is 1.94 bits per heavy atom. The normalized spacial score (nSPS) is 9.17. The fraction of sp³-hybridized carbons (Fsp3) is 0.0714. The van der Waals surface area contributed by atoms with Crippen LogP contribution in [0, 0.1) is 0 Å². The minimum atomic E-state index is -0.931. The number of benzene rings is 2. The van der Waals surface area contributed by atoms with Crippen LogP contribution in [0.4, 0.5) is 5.69 Å². The molecular formula is C14H16N2O2. The SMILES string of the molecule is NCc1ccccc1.Nc1ccc(C(=O)O)cc1. The van der Waals surface area contributed by atoms with Crippen LogP contribution >= 0.6 is 0 Å². The van der Waals surface area contributed by atoms with Crippen LogP contribution in [-0.4, -0.2) is 11.1 Å². The highest BCUT2D eigenvalue weighted by Crippen LogP contribution is 2.04. The van der Waals surface area contributed by atoms with E-state index in [2.05, 4.69) is 0 Å². The smallest absolute Gasteiger partial charge is 0.335 e. The van der Waals surface area contributed by atoms with Crippen molar-refractivity contribution in [2.75, 3.05) is 5.73 Å². The van der Waals surface area contributed by atoms with Gasteiger partial charge in [-0.25, -0.2) is 4.79 Å². The number of aromatic carboxylic acids is 1. The second-order valence-corrected chi connectivity index (χ2v) is 3.62. The summed E-state index contributed by atoms with van der Waals surface area (Å²) >= 11 is 0. The molecular weight excluding hydrogens is 228 g/mol. The van der Waals surface area contributed by atoms with Gasteiger partial charge >= 0.3 is 5.97 Å². The van der Waals surface area contributed by atoms with E-state index < -0.39 is 5.97 Å². The number of nitrogen functional groups attached to an aromatic ring is 1. The maximum Gasteiger partial charge on any atom is 0.335 e. The van der Waals surface area contributed by atoms with Crippen molar-refractivity contribution in [3.63, 3.8) is 0 Å². The van der Waals surface area contributed by atoms with E-state index in [0.717, 1.165) is 0 Å². The second-order valence-electron chi connectivity index (χ2n) is 3.62. The topological polar surface area (TPSA) is 89.3 Å². The molecule has 0 amide bonds. The van der Waals surface area contributed by atoms with Crippen molar-refractivity contribution in [2.24, 2.45) is 5.73 Å². The molecule has 2 aromatic carbocycles. The lowest BCUT2D eigenvalue weighted by Crippen LogP contribution is -1.95. The molecule has 0 unspecified atom stereocenters. The number of carbonyl (C=O) groups is 1. The second kappa shape index (κ2) is 7.09. The molecule has 0 heterocycles. The fourth-order valence-corrected chi connectivity index (χ4v) is 1.24. The lowest BCUT2D eigenvalue weighted by atomic mass is 10.2. The minimum Gasteiger partial charge on any atom is -0.478 e. The standard InChI is InChI=1S/C7H7NO2.C7H9N/c8-6-3-1-5(2-4-6)7(9)10;8-6-7-4-2-1-3-5-7/h1-4H,8H2,(H,9,10);1-5H,6,8H2. The molecule has 0 saturated carbocycles. The predicted molar refractivity (Wildman–Crippen MR) is 72.1 cm³/mol. The van der Waals surface area contributed by atoms with Crippen molar-refractivity contribution in [1.82, 2.24) is 0 Å². The van der Waals surface area contributed by atoms with Gasteiger partial charge < -0.3 is 16.6 Å². The maximum atomic E-state index is 10.3. The van der Waals surface area contributed by atoms with Crippen molar-refractivity contribution < 1.29 is 9.90 Å². The van der Waals surface area contributed by atoms with Gasteiger partial charge in [0, 0.05) is 12.2 Å². The first kappa shape index (κ1) is 13.7. The van der Waals surface area contributed by atoms with Crippen LogP contribution in [0.5, 0.6) is 0 Å². The van der Waals surface area contributed by atoms with Gasteiger partial charge in [0.25, 0.3) is 0 Å². The van der Waals surface area contributed by atoms with Crippen molar-refractivity contribution in [1.29, 1.82) is 0 Å². The number of hydrogen-bond donors (Lipinski definition) is 3. The van der Waals surface area contributed by atoms with Crippen LogP contribution in [0.3, 0.4) is 0 Å². The summed E-state index contributed by atoms with van der Waals surface area (Å²) in [4.78, 5) is 10.3. The molecule has 4 heteroatoms. The molecule has 4 nitrogen and oxygen atoms in total. The Kier molecular flexibility index (Phi) is 5.41. The molecule has 0 aliphatic heterocycles. The van der Waals surface area contributed by atoms with Crippen molar-refractivity contribution in [3.05, 3.63) is 65.7 Å². The number of carboxylic acid groups (broad SMARTS) is 1. The Labute approximate surface area is 106 Å². The Balaban J connectivity index is 0.000000184. The van der Waals surface area contributed by atoms with Crippen LogP contribution < -0.4 is 11.5 Å². The van der Waals surface area contributed by atoms with Gasteiger partial charge in [0.05, 0.1) is 5.56 Å². The molecule has 2 rings (SSSR count). The van der Waals surface area contributed by atoms with Crippen LogP contribution in [0.2, 0.25) is 0 Å². The van der Waals surface area contributed by atoms with E-state index in [9.17, 15) is 4.79 Å². The summed E-state index contributed by atoms with van der Waals surface area (Å²) in [5.41, 5.74) is 12.7. The summed E-state index contributed by atoms with van der Waals surface area (Å²) < 4.78 is 0. The van der Waals surface area contributed by atoms with E-state index in [0.29, 0.717) is 12.2 Å². The fourth-order valence-electron chi connectivity index (χ4n) is 1.24. The summed E-state index contributed by atoms with van der Waals surface area (Å²) in [6, 6.07) is 16.0. The van der Waals surface area contributed by atoms with Gasteiger partial charge in [-0.3, -0.25) is 0 Å². The van der Waals surface area contributed by atoms with E-state index >= 15 is 0 Å². The molecule has 0 radical (unpaired) electrons. The third-order valence-electron chi connectivity index (χ3n) is 2.24. The van der Waals surface area contributed by atoms with Crippen LogP contribution in [0.25, 0.3) is 0 Å². The third-order valence-corrected chi connectivity index (χ3v) is 2.24. The Morgan fingerprint density at radius 1 is 1.00 bits per heavy atom. The van der Waals surface area contributed by atoms with Crippen LogP contribution in [-0.2, 0) is 6.54 Å². The van der Waals surface area contributed by atoms with E-state index in [1.807, 2.05) is 30.3 Å². The first-order chi connectivity index (χ1) is 8.63. The predicted octanol–water partition coefficient (Wildman–Crippen LogP) is 2.11. The van der Waals surface area contributed by atoms with Crippen LogP contribution in [0.1, 0.15) is 15.9 Å². The highest BCUT2D eigenvalue weighted by molar-refractivity contribution is 5.87. The van der Waals surface area contributed by atoms with Crippen molar-refractivity contribution in [2.45, 2.75) is 6.54 Å². The highest BCUT2D eigenvalue weighted by atomic mass is 16.4. The summed E-state index contributed by atoms with van der Waals surface area (Å²) in [5.74, 6) is -0.931. The first-order valence-electron chi connectivity index (χ1n) is 5.46. The average Bonchev–Trinajstić information content (AvgIpc) is 2.41. The maximum absolute atomic E-state index is 10.3. The lowest BCUT2D eigenvalue weighted by molar-refractivity contribution is 0.0697. The molecule has 18 heavy (non-hydrogen) atoms. The number of carboxylic acids is 1. The third kappa shape index (κ3) is 4.67. The molecule has 0 atom stereocenters. The molecule has 2 aromatic rings. The summed E-state index contributed by atoms with van der Waals surface area (Å²) in [6.45, 7) is 0.640. The van der Waals surface area contributed by atoms with Crippen molar-refractivity contribution >= 4 is 11.7 Å². The Bertz CT molecular complexity index is 481. The van der Waals surface area contributed by atoms with E-state index in [4.69, 9.17) is 16.6 Å². The highest BCUT2D eigenvalue weighted by Gasteiger charge is 1.98. The quantitative estimate of drug-likeness (QED) is 0.706. The lowest BCUT2D eigenvalue weighted by Gasteiger charge is -1.93. The molecule has 94 valence electrons. The summed E-state index contributed by atoms with van der Waals surface area (Å²) in [5, 5.41) is 8.43. The van der Waals surface area contributed by atoms with Gasteiger partial charge in [-0.1, -0.05) is 30.3 Å². The van der Waals surface area contributed by atoms with Gasteiger partial charge in [-0.05, 0) is 29.8 Å². The monoisotopic (exact) mass is 244 g/mol. The molecule has 0 fully saturated rings. The van der Waals surface area contributed by atoms with Gasteiger partial charge in [0.15, 0.2) is 0 Å². The number of rotatable bonds is 2. The summed E-state index contributed by atoms with van der Waals surface area (Å²) in [7, 11) is 0. The van der Waals surface area contributed by atoms with Gasteiger partial charge in [0.1, 0.15) is 0 Å². The largest absolute Gasteiger partial charge is 0.478 e. The zero-order valence-corrected chi connectivity index (χ0v) is 9.91. The molecule has 0 aliphatic carbocycles. The van der Waals surface area contributed by atoms with E-state index in [1.165, 1.54) is 17.7 Å². The van der Waals surface area contributed by atoms with Gasteiger partial charge in [-0.2, -0.15) is 0 Å². The Hall–Kier alpha value is -2.33. The molecule has 0 aromatic heterocycles. The zero-order valence-electron chi connectivity index (χ0n) is 9.91. The van der Waals surface area contributed by atoms with Gasteiger partial charge in [0.2, 0.25) is 0 Å². The molecule has 5 N–H and O–H groups in total. The number of nitrogens with two attached hydrogens (primary N) is 2. The molecule has 0 spiro atoms. The summed E-state index contributed by atoms with van der Waals surface area (Å²) in [6.07, 6.45) is 0. The van der Waals surface area contributed by atoms with Gasteiger partial charge in [-0.15, -0.1) is 0 Å². The van der Waals surface area contributed by atoms with E-state index in [1.54, 1.807) is 12.1 Å². The number of hydrogen-bond acceptors (Lipinski definition) is 3. The average molecular weight is 244 g/mol. The Morgan fingerprint density at radius 2 is 1.56 bits per heavy atom. The van der Waals surface area contributed by atoms with Crippen LogP contribution in [0.15, 0.2) is 54.6 Å². The first-order valence-corrected chi connectivity index (χ1v) is 5.46. The zero-order chi connectivity index (χ0) is 13.4. The molecule has 0 aliphatic rings.